The maximum Gasteiger partial charge on any atom is 0.234 e. The highest BCUT2D eigenvalue weighted by Gasteiger charge is 2.23. The summed E-state index contributed by atoms with van der Waals surface area (Å²) < 4.78 is 28.5. The van der Waals surface area contributed by atoms with E-state index in [0.717, 1.165) is 10.2 Å². The molecule has 0 aliphatic rings. The smallest absolute Gasteiger partial charge is 0.234 e. The molecule has 4 rings (SSSR count). The molecule has 0 aliphatic heterocycles. The Balaban J connectivity index is 1.56. The van der Waals surface area contributed by atoms with E-state index in [1.165, 1.54) is 11.8 Å². The maximum absolute atomic E-state index is 12.9. The summed E-state index contributed by atoms with van der Waals surface area (Å²) in [6, 6.07) is 24.8. The Morgan fingerprint density at radius 3 is 2.21 bits per heavy atom. The van der Waals surface area contributed by atoms with Crippen LogP contribution in [0.3, 0.4) is 0 Å². The zero-order valence-electron chi connectivity index (χ0n) is 17.3. The first-order chi connectivity index (χ1) is 15.9. The zero-order chi connectivity index (χ0) is 23.3. The second kappa shape index (κ2) is 10.3. The molecule has 10 heteroatoms. The lowest BCUT2D eigenvalue weighted by Gasteiger charge is -2.11. The van der Waals surface area contributed by atoms with Crippen LogP contribution in [0, 0.1) is 0 Å². The van der Waals surface area contributed by atoms with Gasteiger partial charge in [0.05, 0.1) is 10.6 Å². The molecule has 1 N–H and O–H groups in total. The van der Waals surface area contributed by atoms with Crippen molar-refractivity contribution < 1.29 is 13.2 Å². The summed E-state index contributed by atoms with van der Waals surface area (Å²) in [6.45, 7) is 0. The van der Waals surface area contributed by atoms with E-state index >= 15 is 0 Å². The summed E-state index contributed by atoms with van der Waals surface area (Å²) in [5, 5.41) is 11.6. The number of hydrogen-bond acceptors (Lipinski definition) is 6. The van der Waals surface area contributed by atoms with Gasteiger partial charge in [-0.2, -0.15) is 0 Å². The Morgan fingerprint density at radius 1 is 0.909 bits per heavy atom. The van der Waals surface area contributed by atoms with Crippen molar-refractivity contribution in [1.29, 1.82) is 0 Å². The second-order valence-electron chi connectivity index (χ2n) is 6.99. The number of amides is 1. The summed E-state index contributed by atoms with van der Waals surface area (Å²) in [7, 11) is -3.62. The lowest BCUT2D eigenvalue weighted by atomic mass is 10.3. The minimum absolute atomic E-state index is 0.0897. The van der Waals surface area contributed by atoms with Crippen LogP contribution in [0.15, 0.2) is 99.5 Å². The van der Waals surface area contributed by atoms with Gasteiger partial charge in [0, 0.05) is 15.8 Å². The number of benzene rings is 3. The lowest BCUT2D eigenvalue weighted by molar-refractivity contribution is -0.113. The van der Waals surface area contributed by atoms with Gasteiger partial charge in [0.2, 0.25) is 5.91 Å². The number of halogens is 1. The minimum atomic E-state index is -3.62. The summed E-state index contributed by atoms with van der Waals surface area (Å²) in [6.07, 6.45) is 0. The molecule has 1 amide bonds. The topological polar surface area (TPSA) is 94.0 Å². The summed E-state index contributed by atoms with van der Waals surface area (Å²) in [4.78, 5) is 12.7. The van der Waals surface area contributed by atoms with E-state index in [1.54, 1.807) is 47.0 Å². The number of nitrogens with zero attached hydrogens (tertiary/aromatic N) is 3. The molecule has 3 aromatic carbocycles. The van der Waals surface area contributed by atoms with Gasteiger partial charge >= 0.3 is 0 Å². The number of rotatable bonds is 8. The number of thioether (sulfide) groups is 1. The summed E-state index contributed by atoms with van der Waals surface area (Å²) >= 11 is 4.55. The average Bonchev–Trinajstić information content (AvgIpc) is 3.22. The Hall–Kier alpha value is -2.95. The highest BCUT2D eigenvalue weighted by Crippen LogP contribution is 2.25. The highest BCUT2D eigenvalue weighted by molar-refractivity contribution is 9.10. The van der Waals surface area contributed by atoms with Crippen molar-refractivity contribution in [3.8, 4) is 5.69 Å². The van der Waals surface area contributed by atoms with Crippen LogP contribution in [0.2, 0.25) is 0 Å². The van der Waals surface area contributed by atoms with E-state index in [-0.39, 0.29) is 28.1 Å². The van der Waals surface area contributed by atoms with Crippen LogP contribution in [-0.4, -0.2) is 34.8 Å². The average molecular weight is 543 g/mol. The van der Waals surface area contributed by atoms with E-state index in [1.807, 2.05) is 42.5 Å². The van der Waals surface area contributed by atoms with Crippen LogP contribution in [0.25, 0.3) is 5.69 Å². The van der Waals surface area contributed by atoms with Crippen LogP contribution in [0.5, 0.6) is 0 Å². The van der Waals surface area contributed by atoms with Gasteiger partial charge in [-0.05, 0) is 48.5 Å². The molecule has 0 atom stereocenters. The molecule has 0 spiro atoms. The first kappa shape index (κ1) is 23.2. The van der Waals surface area contributed by atoms with Crippen LogP contribution < -0.4 is 5.32 Å². The first-order valence-electron chi connectivity index (χ1n) is 9.88. The second-order valence-corrected chi connectivity index (χ2v) is 10.8. The van der Waals surface area contributed by atoms with E-state index in [0.29, 0.717) is 10.8 Å². The SMILES string of the molecule is O=C(CSc1nnc(CS(=O)(=O)c2ccccc2)n1-c1ccccc1)Nc1ccc(Br)cc1. The Morgan fingerprint density at radius 2 is 1.55 bits per heavy atom. The van der Waals surface area contributed by atoms with Gasteiger partial charge in [-0.15, -0.1) is 10.2 Å². The van der Waals surface area contributed by atoms with Gasteiger partial charge in [-0.3, -0.25) is 9.36 Å². The molecule has 0 saturated heterocycles. The van der Waals surface area contributed by atoms with Crippen molar-refractivity contribution in [1.82, 2.24) is 14.8 Å². The van der Waals surface area contributed by atoms with E-state index < -0.39 is 9.84 Å². The number of sulfone groups is 1. The number of carbonyl (C=O) groups is 1. The standard InChI is InChI=1S/C23H19BrN4O3S2/c24-17-11-13-18(14-12-17)25-22(29)15-32-23-27-26-21(28(23)19-7-3-1-4-8-19)16-33(30,31)20-9-5-2-6-10-20/h1-14H,15-16H2,(H,25,29). The van der Waals surface area contributed by atoms with E-state index in [4.69, 9.17) is 0 Å². The van der Waals surface area contributed by atoms with Gasteiger partial charge in [0.25, 0.3) is 0 Å². The quantitative estimate of drug-likeness (QED) is 0.323. The van der Waals surface area contributed by atoms with Crippen LogP contribution in [-0.2, 0) is 20.4 Å². The minimum Gasteiger partial charge on any atom is -0.325 e. The Labute approximate surface area is 204 Å². The third-order valence-corrected chi connectivity index (χ3v) is 7.68. The van der Waals surface area contributed by atoms with Gasteiger partial charge < -0.3 is 5.32 Å². The largest absolute Gasteiger partial charge is 0.325 e. The summed E-state index contributed by atoms with van der Waals surface area (Å²) in [5.41, 5.74) is 1.40. The fourth-order valence-electron chi connectivity index (χ4n) is 3.07. The molecule has 0 radical (unpaired) electrons. The number of hydrogen-bond donors (Lipinski definition) is 1. The van der Waals surface area contributed by atoms with Crippen LogP contribution >= 0.6 is 27.7 Å². The molecule has 0 aliphatic carbocycles. The fourth-order valence-corrected chi connectivity index (χ4v) is 5.37. The molecule has 0 bridgehead atoms. The normalized spacial score (nSPS) is 11.3. The third-order valence-electron chi connectivity index (χ3n) is 4.60. The molecule has 4 aromatic rings. The number of anilines is 1. The molecule has 0 unspecified atom stereocenters. The van der Waals surface area contributed by atoms with Crippen LogP contribution in [0.1, 0.15) is 5.82 Å². The predicted molar refractivity (Wildman–Crippen MR) is 132 cm³/mol. The van der Waals surface area contributed by atoms with Gasteiger partial charge in [0.15, 0.2) is 20.8 Å². The van der Waals surface area contributed by atoms with Gasteiger partial charge in [-0.1, -0.05) is 64.1 Å². The van der Waals surface area contributed by atoms with Crippen molar-refractivity contribution in [3.63, 3.8) is 0 Å². The number of carbonyl (C=O) groups excluding carboxylic acids is 1. The molecular weight excluding hydrogens is 524 g/mol. The molecule has 33 heavy (non-hydrogen) atoms. The molecule has 168 valence electrons. The summed E-state index contributed by atoms with van der Waals surface area (Å²) in [5.74, 6) is -0.152. The van der Waals surface area contributed by atoms with Crippen molar-refractivity contribution in [2.45, 2.75) is 15.8 Å². The monoisotopic (exact) mass is 542 g/mol. The van der Waals surface area contributed by atoms with Crippen molar-refractivity contribution >= 4 is 49.1 Å². The molecule has 7 nitrogen and oxygen atoms in total. The van der Waals surface area contributed by atoms with Crippen molar-refractivity contribution in [3.05, 3.63) is 95.2 Å². The van der Waals surface area contributed by atoms with Crippen molar-refractivity contribution in [2.24, 2.45) is 0 Å². The molecule has 1 aromatic heterocycles. The van der Waals surface area contributed by atoms with E-state index in [9.17, 15) is 13.2 Å². The highest BCUT2D eigenvalue weighted by atomic mass is 79.9. The Kier molecular flexibility index (Phi) is 7.26. The molecule has 0 fully saturated rings. The zero-order valence-corrected chi connectivity index (χ0v) is 20.5. The maximum atomic E-state index is 12.9. The number of aromatic nitrogens is 3. The van der Waals surface area contributed by atoms with Crippen molar-refractivity contribution in [2.75, 3.05) is 11.1 Å². The fraction of sp³-hybridized carbons (Fsp3) is 0.0870. The lowest BCUT2D eigenvalue weighted by Crippen LogP contribution is -2.15. The van der Waals surface area contributed by atoms with Gasteiger partial charge in [0.1, 0.15) is 5.75 Å². The van der Waals surface area contributed by atoms with Crippen LogP contribution in [0.4, 0.5) is 5.69 Å². The molecule has 0 saturated carbocycles. The predicted octanol–water partition coefficient (Wildman–Crippen LogP) is 4.73. The third kappa shape index (κ3) is 5.89. The van der Waals surface area contributed by atoms with E-state index in [2.05, 4.69) is 31.4 Å². The number of para-hydroxylation sites is 1. The Bertz CT molecular complexity index is 1340. The molecule has 1 heterocycles. The van der Waals surface area contributed by atoms with Gasteiger partial charge in [-0.25, -0.2) is 8.42 Å². The molecular formula is C23H19BrN4O3S2. The first-order valence-corrected chi connectivity index (χ1v) is 13.3. The number of nitrogens with one attached hydrogen (secondary N) is 1.